The molecule has 1 spiro atoms. The molecule has 0 aromatic heterocycles. The van der Waals surface area contributed by atoms with Gasteiger partial charge in [-0.15, -0.1) is 0 Å². The highest BCUT2D eigenvalue weighted by molar-refractivity contribution is 5.80. The number of benzene rings is 1. The van der Waals surface area contributed by atoms with Crippen LogP contribution in [0.25, 0.3) is 0 Å². The monoisotopic (exact) mass is 394 g/mol. The lowest BCUT2D eigenvalue weighted by Crippen LogP contribution is -2.45. The van der Waals surface area contributed by atoms with Crippen LogP contribution >= 0.6 is 0 Å². The highest BCUT2D eigenvalue weighted by Gasteiger charge is 2.42. The minimum Gasteiger partial charge on any atom is -0.383 e. The van der Waals surface area contributed by atoms with Gasteiger partial charge in [0.25, 0.3) is 5.91 Å². The Hall–Kier alpha value is -1.53. The van der Waals surface area contributed by atoms with E-state index in [0.717, 1.165) is 44.7 Å². The van der Waals surface area contributed by atoms with Gasteiger partial charge in [-0.1, -0.05) is 13.8 Å². The molecule has 2 aliphatic heterocycles. The van der Waals surface area contributed by atoms with Crippen molar-refractivity contribution in [3.8, 4) is 0 Å². The lowest BCUT2D eigenvalue weighted by molar-refractivity contribution is -0.141. The topological polar surface area (TPSA) is 43.8 Å². The Morgan fingerprint density at radius 2 is 1.86 bits per heavy atom. The number of aliphatic hydroxyl groups is 1. The molecule has 2 aliphatic rings. The van der Waals surface area contributed by atoms with Crippen LogP contribution < -0.4 is 0 Å². The normalized spacial score (nSPS) is 24.7. The number of hydrogen-bond acceptors (Lipinski definition) is 3. The first-order valence-corrected chi connectivity index (χ1v) is 10.5. The zero-order valence-corrected chi connectivity index (χ0v) is 17.0. The fourth-order valence-electron chi connectivity index (χ4n) is 4.83. The summed E-state index contributed by atoms with van der Waals surface area (Å²) in [6, 6.07) is 3.63. The lowest BCUT2D eigenvalue weighted by Gasteiger charge is -2.38. The molecule has 2 unspecified atom stereocenters. The second-order valence-electron chi connectivity index (χ2n) is 8.81. The molecule has 2 heterocycles. The fourth-order valence-corrected chi connectivity index (χ4v) is 4.83. The largest absolute Gasteiger partial charge is 0.383 e. The van der Waals surface area contributed by atoms with E-state index in [-0.39, 0.29) is 23.2 Å². The third kappa shape index (κ3) is 4.71. The second kappa shape index (κ2) is 8.87. The van der Waals surface area contributed by atoms with Crippen molar-refractivity contribution >= 4 is 5.91 Å². The molecule has 0 radical (unpaired) electrons. The molecular weight excluding hydrogens is 362 g/mol. The van der Waals surface area contributed by atoms with E-state index < -0.39 is 11.9 Å². The van der Waals surface area contributed by atoms with E-state index in [1.54, 1.807) is 4.90 Å². The van der Waals surface area contributed by atoms with Gasteiger partial charge in [-0.05, 0) is 69.2 Å². The van der Waals surface area contributed by atoms with Gasteiger partial charge in [0.15, 0.2) is 0 Å². The zero-order valence-electron chi connectivity index (χ0n) is 17.0. The Labute approximate surface area is 166 Å². The van der Waals surface area contributed by atoms with Crippen LogP contribution in [-0.4, -0.2) is 52.1 Å². The van der Waals surface area contributed by atoms with E-state index in [2.05, 4.69) is 4.90 Å². The highest BCUT2D eigenvalue weighted by Crippen LogP contribution is 2.39. The molecule has 1 amide bonds. The summed E-state index contributed by atoms with van der Waals surface area (Å²) in [5.74, 6) is -0.692. The number of rotatable bonds is 5. The number of aliphatic hydroxyl groups excluding tert-OH is 1. The van der Waals surface area contributed by atoms with Crippen molar-refractivity contribution in [2.24, 2.45) is 5.92 Å². The number of carbonyl (C=O) groups is 1. The predicted molar refractivity (Wildman–Crippen MR) is 105 cm³/mol. The quantitative estimate of drug-likeness (QED) is 0.828. The summed E-state index contributed by atoms with van der Waals surface area (Å²) in [5, 5.41) is 10.2. The Bertz CT molecular complexity index is 697. The summed E-state index contributed by atoms with van der Waals surface area (Å²) in [7, 11) is 0. The van der Waals surface area contributed by atoms with Crippen LogP contribution in [0, 0.1) is 17.6 Å². The highest BCUT2D eigenvalue weighted by atomic mass is 19.1. The van der Waals surface area contributed by atoms with E-state index in [9.17, 15) is 18.7 Å². The SMILES string of the molecule is CC(C)CC(O)C(=O)N1CCCC2(CCCN2Cc2cc(F)ccc2F)CC1. The molecule has 2 atom stereocenters. The third-order valence-corrected chi connectivity index (χ3v) is 6.32. The summed E-state index contributed by atoms with van der Waals surface area (Å²) in [5.41, 5.74) is 0.322. The Balaban J connectivity index is 1.68. The second-order valence-corrected chi connectivity index (χ2v) is 8.81. The van der Waals surface area contributed by atoms with Gasteiger partial charge in [-0.2, -0.15) is 0 Å². The molecule has 2 saturated heterocycles. The molecule has 1 aromatic carbocycles. The average molecular weight is 395 g/mol. The van der Waals surface area contributed by atoms with Gasteiger partial charge in [-0.25, -0.2) is 8.78 Å². The Morgan fingerprint density at radius 3 is 2.57 bits per heavy atom. The van der Waals surface area contributed by atoms with Gasteiger partial charge in [0.1, 0.15) is 17.7 Å². The van der Waals surface area contributed by atoms with Crippen molar-refractivity contribution in [3.05, 3.63) is 35.4 Å². The van der Waals surface area contributed by atoms with Crippen LogP contribution in [-0.2, 0) is 11.3 Å². The maximum Gasteiger partial charge on any atom is 0.251 e. The molecule has 2 fully saturated rings. The molecule has 1 aromatic rings. The molecule has 4 nitrogen and oxygen atoms in total. The van der Waals surface area contributed by atoms with Gasteiger partial charge in [0.2, 0.25) is 0 Å². The van der Waals surface area contributed by atoms with E-state index in [1.807, 2.05) is 13.8 Å². The van der Waals surface area contributed by atoms with Crippen LogP contribution in [0.2, 0.25) is 0 Å². The number of likely N-dealkylation sites (tertiary alicyclic amines) is 2. The van der Waals surface area contributed by atoms with Gasteiger partial charge in [-0.3, -0.25) is 9.69 Å². The Kier molecular flexibility index (Phi) is 6.71. The first-order chi connectivity index (χ1) is 13.3. The van der Waals surface area contributed by atoms with Crippen molar-refractivity contribution in [1.29, 1.82) is 0 Å². The molecular formula is C22H32F2N2O2. The standard InChI is InChI=1S/C22H32F2N2O2/c1-16(2)13-20(27)21(28)25-10-3-7-22(9-12-25)8-4-11-26(22)15-17-14-18(23)5-6-19(17)24/h5-6,14,16,20,27H,3-4,7-13,15H2,1-2H3. The van der Waals surface area contributed by atoms with E-state index in [1.165, 1.54) is 12.1 Å². The lowest BCUT2D eigenvalue weighted by atomic mass is 9.87. The number of hydrogen-bond donors (Lipinski definition) is 1. The number of nitrogens with zero attached hydrogens (tertiary/aromatic N) is 2. The number of halogens is 2. The minimum atomic E-state index is -0.935. The summed E-state index contributed by atoms with van der Waals surface area (Å²) in [6.45, 7) is 6.51. The molecule has 3 rings (SSSR count). The molecule has 0 aliphatic carbocycles. The average Bonchev–Trinajstić information content (AvgIpc) is 2.88. The number of carbonyl (C=O) groups excluding carboxylic acids is 1. The predicted octanol–water partition coefficient (Wildman–Crippen LogP) is 3.72. The summed E-state index contributed by atoms with van der Waals surface area (Å²) in [4.78, 5) is 16.7. The van der Waals surface area contributed by atoms with Crippen molar-refractivity contribution in [1.82, 2.24) is 9.80 Å². The van der Waals surface area contributed by atoms with E-state index >= 15 is 0 Å². The van der Waals surface area contributed by atoms with Gasteiger partial charge >= 0.3 is 0 Å². The first kappa shape index (κ1) is 21.2. The smallest absolute Gasteiger partial charge is 0.251 e. The van der Waals surface area contributed by atoms with Crippen molar-refractivity contribution in [2.45, 2.75) is 70.6 Å². The van der Waals surface area contributed by atoms with Crippen LogP contribution in [0.3, 0.4) is 0 Å². The van der Waals surface area contributed by atoms with E-state index in [0.29, 0.717) is 31.6 Å². The van der Waals surface area contributed by atoms with Crippen LogP contribution in [0.4, 0.5) is 8.78 Å². The van der Waals surface area contributed by atoms with Crippen molar-refractivity contribution in [3.63, 3.8) is 0 Å². The van der Waals surface area contributed by atoms with Crippen molar-refractivity contribution in [2.75, 3.05) is 19.6 Å². The molecule has 1 N–H and O–H groups in total. The minimum absolute atomic E-state index is 0.0726. The maximum atomic E-state index is 14.1. The van der Waals surface area contributed by atoms with Gasteiger partial charge < -0.3 is 10.0 Å². The molecule has 156 valence electrons. The maximum absolute atomic E-state index is 14.1. The van der Waals surface area contributed by atoms with Crippen LogP contribution in [0.15, 0.2) is 18.2 Å². The van der Waals surface area contributed by atoms with Gasteiger partial charge in [0, 0.05) is 30.7 Å². The summed E-state index contributed by atoms with van der Waals surface area (Å²) < 4.78 is 27.7. The summed E-state index contributed by atoms with van der Waals surface area (Å²) in [6.07, 6.45) is 4.20. The first-order valence-electron chi connectivity index (χ1n) is 10.5. The molecule has 28 heavy (non-hydrogen) atoms. The van der Waals surface area contributed by atoms with Gasteiger partial charge in [0.05, 0.1) is 0 Å². The van der Waals surface area contributed by atoms with Crippen molar-refractivity contribution < 1.29 is 18.7 Å². The van der Waals surface area contributed by atoms with E-state index in [4.69, 9.17) is 0 Å². The molecule has 0 bridgehead atoms. The zero-order chi connectivity index (χ0) is 20.3. The third-order valence-electron chi connectivity index (χ3n) is 6.32. The molecule has 6 heteroatoms. The Morgan fingerprint density at radius 1 is 1.14 bits per heavy atom. The number of amides is 1. The van der Waals surface area contributed by atoms with Crippen LogP contribution in [0.5, 0.6) is 0 Å². The fraction of sp³-hybridized carbons (Fsp3) is 0.682. The van der Waals surface area contributed by atoms with Crippen LogP contribution in [0.1, 0.15) is 57.9 Å². The summed E-state index contributed by atoms with van der Waals surface area (Å²) >= 11 is 0. The molecule has 0 saturated carbocycles.